The third-order valence-corrected chi connectivity index (χ3v) is 5.09. The van der Waals surface area contributed by atoms with Crippen LogP contribution in [-0.4, -0.2) is 31.7 Å². The van der Waals surface area contributed by atoms with Crippen LogP contribution in [0.4, 0.5) is 13.2 Å². The molecule has 0 saturated carbocycles. The molecule has 0 fully saturated rings. The maximum atomic E-state index is 12.5. The van der Waals surface area contributed by atoms with Crippen LogP contribution in [0.15, 0.2) is 34.7 Å². The van der Waals surface area contributed by atoms with Gasteiger partial charge >= 0.3 is 15.6 Å². The van der Waals surface area contributed by atoms with E-state index >= 15 is 0 Å². The van der Waals surface area contributed by atoms with Gasteiger partial charge in [-0.15, -0.1) is 0 Å². The number of hydrogen-bond acceptors (Lipinski definition) is 5. The van der Waals surface area contributed by atoms with Gasteiger partial charge in [0, 0.05) is 25.8 Å². The first-order chi connectivity index (χ1) is 11.6. The third-order valence-electron chi connectivity index (χ3n) is 4.11. The first-order valence-corrected chi connectivity index (χ1v) is 8.72. The molecular formula is C15H14F3NO5S. The molecule has 1 unspecified atom stereocenters. The van der Waals surface area contributed by atoms with Crippen molar-refractivity contribution in [1.29, 1.82) is 0 Å². The van der Waals surface area contributed by atoms with Gasteiger partial charge in [-0.1, -0.05) is 17.7 Å². The summed E-state index contributed by atoms with van der Waals surface area (Å²) in [4.78, 5) is 12.2. The summed E-state index contributed by atoms with van der Waals surface area (Å²) < 4.78 is 70.5. The lowest BCUT2D eigenvalue weighted by Gasteiger charge is -2.28. The van der Waals surface area contributed by atoms with E-state index in [2.05, 4.69) is 4.18 Å². The molecule has 0 radical (unpaired) electrons. The minimum Gasteiger partial charge on any atom is -0.377 e. The fourth-order valence-corrected chi connectivity index (χ4v) is 3.35. The van der Waals surface area contributed by atoms with E-state index in [4.69, 9.17) is 4.74 Å². The van der Waals surface area contributed by atoms with Crippen molar-refractivity contribution in [2.75, 3.05) is 7.11 Å². The molecule has 1 aromatic heterocycles. The Labute approximate surface area is 141 Å². The Hall–Kier alpha value is -2.07. The summed E-state index contributed by atoms with van der Waals surface area (Å²) in [7, 11) is -4.27. The standard InChI is InChI=1S/C15H14F3NO5S/c1-23-10-2-3-12-9(6-10)4-5-19-13(12)7-11(8-14(19)20)24-25(21,22)15(16,17)18/h2-3,7-8,10H,4-6H2,1H3. The van der Waals surface area contributed by atoms with Crippen molar-refractivity contribution in [3.05, 3.63) is 45.9 Å². The number of methoxy groups -OCH3 is 1. The molecule has 0 saturated heterocycles. The van der Waals surface area contributed by atoms with E-state index < -0.39 is 26.9 Å². The van der Waals surface area contributed by atoms with Gasteiger partial charge in [-0.3, -0.25) is 4.79 Å². The second-order valence-electron chi connectivity index (χ2n) is 5.65. The highest BCUT2D eigenvalue weighted by Crippen LogP contribution is 2.35. The number of pyridine rings is 1. The molecule has 0 N–H and O–H groups in total. The summed E-state index contributed by atoms with van der Waals surface area (Å²) in [6.07, 6.45) is 4.59. The number of halogens is 3. The van der Waals surface area contributed by atoms with Gasteiger partial charge in [0.25, 0.3) is 5.56 Å². The smallest absolute Gasteiger partial charge is 0.377 e. The maximum Gasteiger partial charge on any atom is 0.534 e. The van der Waals surface area contributed by atoms with Crippen molar-refractivity contribution in [3.8, 4) is 5.75 Å². The normalized spacial score (nSPS) is 20.2. The Morgan fingerprint density at radius 1 is 1.28 bits per heavy atom. The van der Waals surface area contributed by atoms with Crippen molar-refractivity contribution in [2.45, 2.75) is 31.0 Å². The molecule has 2 heterocycles. The van der Waals surface area contributed by atoms with E-state index in [1.807, 2.05) is 0 Å². The number of ether oxygens (including phenoxy) is 1. The van der Waals surface area contributed by atoms with Crippen molar-refractivity contribution in [2.24, 2.45) is 0 Å². The van der Waals surface area contributed by atoms with E-state index in [1.165, 1.54) is 4.57 Å². The fourth-order valence-electron chi connectivity index (χ4n) is 2.90. The van der Waals surface area contributed by atoms with E-state index in [0.717, 1.165) is 17.7 Å². The molecule has 0 spiro atoms. The van der Waals surface area contributed by atoms with Gasteiger partial charge in [0.15, 0.2) is 5.75 Å². The number of rotatable bonds is 3. The Kier molecular flexibility index (Phi) is 4.28. The van der Waals surface area contributed by atoms with Gasteiger partial charge < -0.3 is 13.5 Å². The first-order valence-electron chi connectivity index (χ1n) is 7.31. The summed E-state index contributed by atoms with van der Waals surface area (Å²) >= 11 is 0. The van der Waals surface area contributed by atoms with E-state index in [1.54, 1.807) is 19.3 Å². The predicted octanol–water partition coefficient (Wildman–Crippen LogP) is 2.21. The van der Waals surface area contributed by atoms with Crippen molar-refractivity contribution < 1.29 is 30.5 Å². The lowest BCUT2D eigenvalue weighted by molar-refractivity contribution is -0.0500. The zero-order valence-corrected chi connectivity index (χ0v) is 13.9. The van der Waals surface area contributed by atoms with Gasteiger partial charge in [0.1, 0.15) is 0 Å². The van der Waals surface area contributed by atoms with Crippen LogP contribution in [0.1, 0.15) is 18.5 Å². The summed E-state index contributed by atoms with van der Waals surface area (Å²) in [6, 6.07) is 1.87. The molecule has 1 aliphatic carbocycles. The Balaban J connectivity index is 2.04. The number of nitrogens with zero attached hydrogens (tertiary/aromatic N) is 1. The van der Waals surface area contributed by atoms with Crippen LogP contribution in [0.25, 0.3) is 5.57 Å². The highest BCUT2D eigenvalue weighted by Gasteiger charge is 2.48. The second kappa shape index (κ2) is 6.03. The summed E-state index contributed by atoms with van der Waals surface area (Å²) in [5.41, 5.74) is -4.21. The van der Waals surface area contributed by atoms with Crippen LogP contribution >= 0.6 is 0 Å². The molecule has 1 aromatic rings. The lowest BCUT2D eigenvalue weighted by Crippen LogP contribution is -2.31. The van der Waals surface area contributed by atoms with Crippen molar-refractivity contribution in [3.63, 3.8) is 0 Å². The number of allylic oxidation sites excluding steroid dienone is 2. The summed E-state index contributed by atoms with van der Waals surface area (Å²) in [5, 5.41) is 0. The largest absolute Gasteiger partial charge is 0.534 e. The first kappa shape index (κ1) is 17.7. The highest BCUT2D eigenvalue weighted by atomic mass is 32.2. The molecular weight excluding hydrogens is 363 g/mol. The monoisotopic (exact) mass is 377 g/mol. The van der Waals surface area contributed by atoms with Crippen molar-refractivity contribution in [1.82, 2.24) is 4.57 Å². The SMILES string of the molecule is COC1C=CC2=C(CCn3c2cc(OS(=O)(=O)C(F)(F)F)cc3=O)C1. The molecule has 1 aliphatic heterocycles. The molecule has 1 atom stereocenters. The summed E-state index contributed by atoms with van der Waals surface area (Å²) in [6.45, 7) is 0.351. The quantitative estimate of drug-likeness (QED) is 0.596. The average molecular weight is 377 g/mol. The minimum atomic E-state index is -5.84. The molecule has 10 heteroatoms. The molecule has 0 aromatic carbocycles. The van der Waals surface area contributed by atoms with Crippen LogP contribution in [0.5, 0.6) is 5.75 Å². The fraction of sp³-hybridized carbons (Fsp3) is 0.400. The van der Waals surface area contributed by atoms with Crippen molar-refractivity contribution >= 4 is 15.7 Å². The molecule has 136 valence electrons. The van der Waals surface area contributed by atoms with E-state index in [-0.39, 0.29) is 6.10 Å². The molecule has 2 aliphatic rings. The zero-order valence-electron chi connectivity index (χ0n) is 13.0. The Morgan fingerprint density at radius 2 is 2.00 bits per heavy atom. The lowest BCUT2D eigenvalue weighted by atomic mass is 9.88. The number of hydrogen-bond donors (Lipinski definition) is 0. The third kappa shape index (κ3) is 3.23. The average Bonchev–Trinajstić information content (AvgIpc) is 2.52. The van der Waals surface area contributed by atoms with Gasteiger partial charge in [0.05, 0.1) is 11.8 Å². The molecule has 0 amide bonds. The second-order valence-corrected chi connectivity index (χ2v) is 7.19. The Bertz CT molecular complexity index is 927. The van der Waals surface area contributed by atoms with E-state index in [0.29, 0.717) is 30.7 Å². The minimum absolute atomic E-state index is 0.109. The molecule has 3 rings (SSSR count). The van der Waals surface area contributed by atoms with Crippen LogP contribution < -0.4 is 9.74 Å². The van der Waals surface area contributed by atoms with Crippen LogP contribution in [0.2, 0.25) is 0 Å². The predicted molar refractivity (Wildman–Crippen MR) is 82.4 cm³/mol. The Morgan fingerprint density at radius 3 is 2.64 bits per heavy atom. The number of aromatic nitrogens is 1. The zero-order chi connectivity index (χ0) is 18.4. The number of fused-ring (bicyclic) bond motifs is 2. The molecule has 6 nitrogen and oxygen atoms in total. The molecule has 0 bridgehead atoms. The molecule has 25 heavy (non-hydrogen) atoms. The van der Waals surface area contributed by atoms with E-state index in [9.17, 15) is 26.4 Å². The topological polar surface area (TPSA) is 74.6 Å². The van der Waals surface area contributed by atoms with Gasteiger partial charge in [-0.25, -0.2) is 0 Å². The maximum absolute atomic E-state index is 12.5. The summed E-state index contributed by atoms with van der Waals surface area (Å²) in [5.74, 6) is -0.662. The van der Waals surface area contributed by atoms with Gasteiger partial charge in [-0.2, -0.15) is 21.6 Å². The van der Waals surface area contributed by atoms with Gasteiger partial charge in [-0.05, 0) is 18.4 Å². The van der Waals surface area contributed by atoms with Crippen LogP contribution in [0, 0.1) is 0 Å². The van der Waals surface area contributed by atoms with Crippen LogP contribution in [0.3, 0.4) is 0 Å². The highest BCUT2D eigenvalue weighted by molar-refractivity contribution is 7.88. The number of alkyl halides is 3. The van der Waals surface area contributed by atoms with Gasteiger partial charge in [0.2, 0.25) is 0 Å². The van der Waals surface area contributed by atoms with Crippen LogP contribution in [-0.2, 0) is 21.4 Å².